The minimum absolute atomic E-state index is 0.144. The summed E-state index contributed by atoms with van der Waals surface area (Å²) in [6.45, 7) is 1.99. The molecule has 1 aromatic carbocycles. The quantitative estimate of drug-likeness (QED) is 0.760. The summed E-state index contributed by atoms with van der Waals surface area (Å²) < 4.78 is 13.8. The maximum absolute atomic E-state index is 13.8. The first-order chi connectivity index (χ1) is 7.11. The summed E-state index contributed by atoms with van der Waals surface area (Å²) in [4.78, 5) is 1.75. The van der Waals surface area contributed by atoms with Crippen LogP contribution >= 0.6 is 0 Å². The maximum atomic E-state index is 13.8. The van der Waals surface area contributed by atoms with Gasteiger partial charge in [0.1, 0.15) is 17.4 Å². The number of hydrogen-bond acceptors (Lipinski definition) is 2. The van der Waals surface area contributed by atoms with Gasteiger partial charge in [0.05, 0.1) is 5.69 Å². The standard InChI is InChI=1S/C12H15FN2/c1-4-5-9-6-7-11(15(2)3)10(8-14)12(9)13/h6-7H,4-5H2,1-3H3. The van der Waals surface area contributed by atoms with Gasteiger partial charge in [-0.2, -0.15) is 5.26 Å². The summed E-state index contributed by atoms with van der Waals surface area (Å²) in [7, 11) is 3.60. The Morgan fingerprint density at radius 2 is 2.07 bits per heavy atom. The van der Waals surface area contributed by atoms with E-state index in [-0.39, 0.29) is 11.4 Å². The third kappa shape index (κ3) is 2.27. The molecule has 1 aromatic rings. The molecule has 0 saturated heterocycles. The highest BCUT2D eigenvalue weighted by molar-refractivity contribution is 5.60. The number of nitrogens with zero attached hydrogens (tertiary/aromatic N) is 2. The molecule has 0 aliphatic heterocycles. The second-order valence-corrected chi connectivity index (χ2v) is 3.69. The van der Waals surface area contributed by atoms with Gasteiger partial charge in [-0.05, 0) is 18.1 Å². The lowest BCUT2D eigenvalue weighted by Gasteiger charge is -2.15. The number of nitriles is 1. The van der Waals surface area contributed by atoms with Crippen LogP contribution in [0.2, 0.25) is 0 Å². The number of rotatable bonds is 3. The number of halogens is 1. The summed E-state index contributed by atoms with van der Waals surface area (Å²) in [6.07, 6.45) is 1.55. The summed E-state index contributed by atoms with van der Waals surface area (Å²) in [6, 6.07) is 5.48. The van der Waals surface area contributed by atoms with E-state index in [9.17, 15) is 4.39 Å². The predicted molar refractivity (Wildman–Crippen MR) is 59.4 cm³/mol. The van der Waals surface area contributed by atoms with Gasteiger partial charge in [-0.3, -0.25) is 0 Å². The largest absolute Gasteiger partial charge is 0.377 e. The predicted octanol–water partition coefficient (Wildman–Crippen LogP) is 2.72. The van der Waals surface area contributed by atoms with E-state index in [0.717, 1.165) is 6.42 Å². The molecule has 0 N–H and O–H groups in total. The zero-order chi connectivity index (χ0) is 11.4. The number of anilines is 1. The van der Waals surface area contributed by atoms with E-state index in [1.165, 1.54) is 0 Å². The van der Waals surface area contributed by atoms with Crippen LogP contribution in [0.15, 0.2) is 12.1 Å². The summed E-state index contributed by atoms with van der Waals surface area (Å²) in [5.74, 6) is -0.370. The molecule has 1 rings (SSSR count). The van der Waals surface area contributed by atoms with Crippen LogP contribution in [0.3, 0.4) is 0 Å². The van der Waals surface area contributed by atoms with Gasteiger partial charge in [-0.25, -0.2) is 4.39 Å². The van der Waals surface area contributed by atoms with Gasteiger partial charge in [0.15, 0.2) is 0 Å². The van der Waals surface area contributed by atoms with Crippen molar-refractivity contribution in [2.45, 2.75) is 19.8 Å². The van der Waals surface area contributed by atoms with Crippen LogP contribution in [0.4, 0.5) is 10.1 Å². The maximum Gasteiger partial charge on any atom is 0.146 e. The van der Waals surface area contributed by atoms with Gasteiger partial charge >= 0.3 is 0 Å². The normalized spacial score (nSPS) is 9.80. The van der Waals surface area contributed by atoms with Gasteiger partial charge in [0, 0.05) is 14.1 Å². The average Bonchev–Trinajstić information content (AvgIpc) is 2.20. The van der Waals surface area contributed by atoms with Gasteiger partial charge in [-0.1, -0.05) is 19.4 Å². The lowest BCUT2D eigenvalue weighted by Crippen LogP contribution is -2.12. The third-order valence-corrected chi connectivity index (χ3v) is 2.31. The molecule has 0 atom stereocenters. The van der Waals surface area contributed by atoms with Crippen molar-refractivity contribution in [2.75, 3.05) is 19.0 Å². The fraction of sp³-hybridized carbons (Fsp3) is 0.417. The van der Waals surface area contributed by atoms with Crippen LogP contribution in [-0.2, 0) is 6.42 Å². The van der Waals surface area contributed by atoms with E-state index in [0.29, 0.717) is 17.7 Å². The van der Waals surface area contributed by atoms with Crippen molar-refractivity contribution < 1.29 is 4.39 Å². The molecule has 0 saturated carbocycles. The van der Waals surface area contributed by atoms with Gasteiger partial charge in [0.2, 0.25) is 0 Å². The molecule has 0 bridgehead atoms. The van der Waals surface area contributed by atoms with Gasteiger partial charge in [-0.15, -0.1) is 0 Å². The first kappa shape index (κ1) is 11.5. The summed E-state index contributed by atoms with van der Waals surface area (Å²) >= 11 is 0. The Kier molecular flexibility index (Phi) is 3.68. The number of benzene rings is 1. The van der Waals surface area contributed by atoms with Crippen LogP contribution in [-0.4, -0.2) is 14.1 Å². The van der Waals surface area contributed by atoms with E-state index in [1.54, 1.807) is 31.1 Å². The Morgan fingerprint density at radius 3 is 2.53 bits per heavy atom. The van der Waals surface area contributed by atoms with Crippen LogP contribution in [0.25, 0.3) is 0 Å². The molecule has 0 fully saturated rings. The van der Waals surface area contributed by atoms with Gasteiger partial charge < -0.3 is 4.90 Å². The Labute approximate surface area is 89.9 Å². The van der Waals surface area contributed by atoms with Crippen molar-refractivity contribution in [1.82, 2.24) is 0 Å². The highest BCUT2D eigenvalue weighted by Gasteiger charge is 2.13. The smallest absolute Gasteiger partial charge is 0.146 e. The topological polar surface area (TPSA) is 27.0 Å². The molecule has 0 aromatic heterocycles. The molecule has 0 amide bonds. The third-order valence-electron chi connectivity index (χ3n) is 2.31. The van der Waals surface area contributed by atoms with Crippen molar-refractivity contribution in [3.05, 3.63) is 29.1 Å². The first-order valence-corrected chi connectivity index (χ1v) is 5.00. The van der Waals surface area contributed by atoms with Crippen LogP contribution in [0, 0.1) is 17.1 Å². The minimum atomic E-state index is -0.370. The molecule has 0 aliphatic carbocycles. The Balaban J connectivity index is 3.28. The zero-order valence-corrected chi connectivity index (χ0v) is 9.34. The van der Waals surface area contributed by atoms with Crippen molar-refractivity contribution in [2.24, 2.45) is 0 Å². The molecule has 15 heavy (non-hydrogen) atoms. The SMILES string of the molecule is CCCc1ccc(N(C)C)c(C#N)c1F. The second-order valence-electron chi connectivity index (χ2n) is 3.69. The fourth-order valence-corrected chi connectivity index (χ4v) is 1.55. The average molecular weight is 206 g/mol. The number of hydrogen-bond donors (Lipinski definition) is 0. The second kappa shape index (κ2) is 4.79. The lowest BCUT2D eigenvalue weighted by molar-refractivity contribution is 0.603. The van der Waals surface area contributed by atoms with E-state index in [2.05, 4.69) is 0 Å². The molecule has 0 aliphatic rings. The Hall–Kier alpha value is -1.56. The van der Waals surface area contributed by atoms with E-state index >= 15 is 0 Å². The summed E-state index contributed by atoms with van der Waals surface area (Å²) in [5, 5.41) is 8.92. The first-order valence-electron chi connectivity index (χ1n) is 5.00. The molecule has 0 heterocycles. The van der Waals surface area contributed by atoms with E-state index in [1.807, 2.05) is 13.0 Å². The molecule has 2 nitrogen and oxygen atoms in total. The lowest BCUT2D eigenvalue weighted by atomic mass is 10.0. The van der Waals surface area contributed by atoms with E-state index in [4.69, 9.17) is 5.26 Å². The van der Waals surface area contributed by atoms with Crippen molar-refractivity contribution in [3.63, 3.8) is 0 Å². The molecular weight excluding hydrogens is 191 g/mol. The number of aryl methyl sites for hydroxylation is 1. The molecule has 3 heteroatoms. The highest BCUT2D eigenvalue weighted by Crippen LogP contribution is 2.24. The molecule has 0 unspecified atom stereocenters. The Bertz CT molecular complexity index is 391. The van der Waals surface area contributed by atoms with Crippen LogP contribution < -0.4 is 4.90 Å². The summed E-state index contributed by atoms with van der Waals surface area (Å²) in [5.41, 5.74) is 1.40. The van der Waals surface area contributed by atoms with Crippen molar-refractivity contribution in [3.8, 4) is 6.07 Å². The zero-order valence-electron chi connectivity index (χ0n) is 9.34. The molecule has 80 valence electrons. The molecular formula is C12H15FN2. The molecule has 0 radical (unpaired) electrons. The van der Waals surface area contributed by atoms with Crippen molar-refractivity contribution >= 4 is 5.69 Å². The molecule has 0 spiro atoms. The van der Waals surface area contributed by atoms with E-state index < -0.39 is 0 Å². The van der Waals surface area contributed by atoms with Gasteiger partial charge in [0.25, 0.3) is 0 Å². The Morgan fingerprint density at radius 1 is 1.40 bits per heavy atom. The van der Waals surface area contributed by atoms with Crippen LogP contribution in [0.1, 0.15) is 24.5 Å². The highest BCUT2D eigenvalue weighted by atomic mass is 19.1. The van der Waals surface area contributed by atoms with Crippen molar-refractivity contribution in [1.29, 1.82) is 5.26 Å². The monoisotopic (exact) mass is 206 g/mol. The minimum Gasteiger partial charge on any atom is -0.377 e. The fourth-order valence-electron chi connectivity index (χ4n) is 1.55. The van der Waals surface area contributed by atoms with Crippen LogP contribution in [0.5, 0.6) is 0 Å².